The molecule has 2 aliphatic rings. The highest BCUT2D eigenvalue weighted by Gasteiger charge is 2.37. The van der Waals surface area contributed by atoms with Crippen molar-refractivity contribution < 1.29 is 32.2 Å². The largest absolute Gasteiger partial charge is 0.493 e. The van der Waals surface area contributed by atoms with Crippen LogP contribution in [0.3, 0.4) is 0 Å². The number of hydrogen-bond donors (Lipinski definition) is 1. The highest BCUT2D eigenvalue weighted by Crippen LogP contribution is 2.40. The summed E-state index contributed by atoms with van der Waals surface area (Å²) in [7, 11) is 1.23. The molecule has 2 heterocycles. The van der Waals surface area contributed by atoms with E-state index in [1.54, 1.807) is 12.1 Å². The van der Waals surface area contributed by atoms with E-state index in [1.807, 2.05) is 0 Å². The van der Waals surface area contributed by atoms with Crippen LogP contribution in [0, 0.1) is 0 Å². The van der Waals surface area contributed by atoms with Crippen LogP contribution in [0.4, 0.5) is 5.69 Å². The summed E-state index contributed by atoms with van der Waals surface area (Å²) >= 11 is 0. The van der Waals surface area contributed by atoms with E-state index in [-0.39, 0.29) is 36.0 Å². The zero-order valence-corrected chi connectivity index (χ0v) is 17.2. The number of carbonyl (C=O) groups excluding carboxylic acids is 2. The average Bonchev–Trinajstić information content (AvgIpc) is 3.06. The van der Waals surface area contributed by atoms with E-state index in [0.29, 0.717) is 29.4 Å². The Balaban J connectivity index is 1.81. The molecule has 10 nitrogen and oxygen atoms in total. The highest BCUT2D eigenvalue weighted by atomic mass is 32.2. The summed E-state index contributed by atoms with van der Waals surface area (Å²) in [5, 5.41) is 8.03. The zero-order valence-electron chi connectivity index (χ0n) is 16.4. The third kappa shape index (κ3) is 4.44. The summed E-state index contributed by atoms with van der Waals surface area (Å²) in [6.07, 6.45) is 0.586. The minimum absolute atomic E-state index is 0.0178. The molecule has 2 aliphatic heterocycles. The standard InChI is InChI=1S/C18H23N3O7S/c1-26-14-8-11(9-15(27-2)17(14)28-3)19-18(23)13-4-5-16(22)21(20-13)12-6-7-29(24,25)10-12/h8-9,12H,4-7,10H2,1-3H3,(H,19,23)/t12-/m1/s1. The third-order valence-corrected chi connectivity index (χ3v) is 6.55. The van der Waals surface area contributed by atoms with Gasteiger partial charge in [-0.2, -0.15) is 5.10 Å². The number of methoxy groups -OCH3 is 3. The van der Waals surface area contributed by atoms with Crippen molar-refractivity contribution in [3.63, 3.8) is 0 Å². The summed E-state index contributed by atoms with van der Waals surface area (Å²) in [6, 6.07) is 2.63. The van der Waals surface area contributed by atoms with Crippen molar-refractivity contribution in [3.8, 4) is 17.2 Å². The number of nitrogens with one attached hydrogen (secondary N) is 1. The monoisotopic (exact) mass is 425 g/mol. The molecule has 0 aromatic heterocycles. The quantitative estimate of drug-likeness (QED) is 0.715. The fraction of sp³-hybridized carbons (Fsp3) is 0.500. The lowest BCUT2D eigenvalue weighted by Gasteiger charge is -2.27. The van der Waals surface area contributed by atoms with Crippen LogP contribution < -0.4 is 19.5 Å². The van der Waals surface area contributed by atoms with Crippen LogP contribution >= 0.6 is 0 Å². The Kier molecular flexibility index (Phi) is 5.96. The maximum absolute atomic E-state index is 12.7. The molecular formula is C18H23N3O7S. The maximum Gasteiger partial charge on any atom is 0.271 e. The molecule has 1 atom stereocenters. The molecule has 1 aromatic rings. The van der Waals surface area contributed by atoms with Crippen LogP contribution in [0.5, 0.6) is 17.2 Å². The van der Waals surface area contributed by atoms with Gasteiger partial charge in [0, 0.05) is 30.7 Å². The van der Waals surface area contributed by atoms with Gasteiger partial charge in [-0.15, -0.1) is 0 Å². The Morgan fingerprint density at radius 1 is 1.14 bits per heavy atom. The van der Waals surface area contributed by atoms with Crippen molar-refractivity contribution in [2.24, 2.45) is 5.10 Å². The molecule has 0 saturated carbocycles. The number of ether oxygens (including phenoxy) is 3. The minimum Gasteiger partial charge on any atom is -0.493 e. The van der Waals surface area contributed by atoms with Gasteiger partial charge >= 0.3 is 0 Å². The van der Waals surface area contributed by atoms with E-state index in [0.717, 1.165) is 5.01 Å². The average molecular weight is 425 g/mol. The number of hydrazone groups is 1. The number of carbonyl (C=O) groups is 2. The first-order valence-corrected chi connectivity index (χ1v) is 10.8. The van der Waals surface area contributed by atoms with Gasteiger partial charge in [0.05, 0.1) is 38.9 Å². The molecule has 11 heteroatoms. The smallest absolute Gasteiger partial charge is 0.271 e. The van der Waals surface area contributed by atoms with Crippen LogP contribution in [-0.2, 0) is 19.4 Å². The molecule has 1 aromatic carbocycles. The second kappa shape index (κ2) is 8.27. The highest BCUT2D eigenvalue weighted by molar-refractivity contribution is 7.91. The topological polar surface area (TPSA) is 124 Å². The summed E-state index contributed by atoms with van der Waals surface area (Å²) < 4.78 is 39.2. The second-order valence-corrected chi connectivity index (χ2v) is 8.94. The lowest BCUT2D eigenvalue weighted by Crippen LogP contribution is -2.42. The zero-order chi connectivity index (χ0) is 21.2. The predicted molar refractivity (Wildman–Crippen MR) is 105 cm³/mol. The van der Waals surface area contributed by atoms with E-state index >= 15 is 0 Å². The Labute approximate surface area is 168 Å². The summed E-state index contributed by atoms with van der Waals surface area (Å²) in [4.78, 5) is 24.9. The molecule has 1 saturated heterocycles. The van der Waals surface area contributed by atoms with Crippen LogP contribution in [0.15, 0.2) is 17.2 Å². The van der Waals surface area contributed by atoms with E-state index in [9.17, 15) is 18.0 Å². The van der Waals surface area contributed by atoms with Crippen molar-refractivity contribution >= 4 is 33.1 Å². The van der Waals surface area contributed by atoms with Crippen LogP contribution in [0.1, 0.15) is 19.3 Å². The van der Waals surface area contributed by atoms with Crippen molar-refractivity contribution in [2.45, 2.75) is 25.3 Å². The minimum atomic E-state index is -3.18. The molecule has 1 N–H and O–H groups in total. The van der Waals surface area contributed by atoms with Gasteiger partial charge in [0.1, 0.15) is 5.71 Å². The molecule has 158 valence electrons. The Bertz CT molecular complexity index is 933. The Morgan fingerprint density at radius 2 is 1.79 bits per heavy atom. The number of hydrogen-bond acceptors (Lipinski definition) is 8. The number of amides is 2. The lowest BCUT2D eigenvalue weighted by molar-refractivity contribution is -0.133. The molecular weight excluding hydrogens is 402 g/mol. The van der Waals surface area contributed by atoms with Crippen LogP contribution in [0.25, 0.3) is 0 Å². The van der Waals surface area contributed by atoms with Gasteiger partial charge in [0.15, 0.2) is 21.3 Å². The number of benzene rings is 1. The SMILES string of the molecule is COc1cc(NC(=O)C2=NN([C@@H]3CCS(=O)(=O)C3)C(=O)CC2)cc(OC)c1OC. The Hall–Kier alpha value is -2.82. The van der Waals surface area contributed by atoms with Crippen molar-refractivity contribution in [3.05, 3.63) is 12.1 Å². The van der Waals surface area contributed by atoms with Crippen molar-refractivity contribution in [2.75, 3.05) is 38.2 Å². The number of anilines is 1. The van der Waals surface area contributed by atoms with E-state index in [1.165, 1.54) is 21.3 Å². The van der Waals surface area contributed by atoms with Crippen molar-refractivity contribution in [1.82, 2.24) is 5.01 Å². The second-order valence-electron chi connectivity index (χ2n) is 6.71. The first kappa shape index (κ1) is 20.9. The number of rotatable bonds is 6. The molecule has 3 rings (SSSR count). The molecule has 29 heavy (non-hydrogen) atoms. The van der Waals surface area contributed by atoms with Gasteiger partial charge in [0.25, 0.3) is 5.91 Å². The molecule has 2 amide bonds. The van der Waals surface area contributed by atoms with E-state index in [4.69, 9.17) is 14.2 Å². The first-order chi connectivity index (χ1) is 13.8. The van der Waals surface area contributed by atoms with Gasteiger partial charge in [-0.05, 0) is 6.42 Å². The van der Waals surface area contributed by atoms with Crippen LogP contribution in [-0.4, -0.2) is 69.8 Å². The van der Waals surface area contributed by atoms with Gasteiger partial charge in [-0.1, -0.05) is 0 Å². The summed E-state index contributed by atoms with van der Waals surface area (Å²) in [5.41, 5.74) is 0.557. The first-order valence-electron chi connectivity index (χ1n) is 8.99. The molecule has 0 aliphatic carbocycles. The lowest BCUT2D eigenvalue weighted by atomic mass is 10.1. The van der Waals surface area contributed by atoms with Gasteiger partial charge in [0.2, 0.25) is 11.7 Å². The third-order valence-electron chi connectivity index (χ3n) is 4.80. The maximum atomic E-state index is 12.7. The summed E-state index contributed by atoms with van der Waals surface area (Å²) in [6.45, 7) is 0. The fourth-order valence-corrected chi connectivity index (χ4v) is 5.04. The van der Waals surface area contributed by atoms with E-state index < -0.39 is 21.8 Å². The van der Waals surface area contributed by atoms with Crippen LogP contribution in [0.2, 0.25) is 0 Å². The number of nitrogens with zero attached hydrogens (tertiary/aromatic N) is 2. The van der Waals surface area contributed by atoms with Crippen molar-refractivity contribution in [1.29, 1.82) is 0 Å². The number of sulfone groups is 1. The van der Waals surface area contributed by atoms with Gasteiger partial charge < -0.3 is 19.5 Å². The van der Waals surface area contributed by atoms with Gasteiger partial charge in [-0.3, -0.25) is 9.59 Å². The predicted octanol–water partition coefficient (Wildman–Crippen LogP) is 0.816. The normalized spacial score (nSPS) is 20.8. The molecule has 0 radical (unpaired) electrons. The molecule has 0 bridgehead atoms. The molecule has 0 spiro atoms. The fourth-order valence-electron chi connectivity index (χ4n) is 3.34. The summed E-state index contributed by atoms with van der Waals surface area (Å²) in [5.74, 6) is 0.256. The Morgan fingerprint density at radius 3 is 2.31 bits per heavy atom. The van der Waals surface area contributed by atoms with E-state index in [2.05, 4.69) is 10.4 Å². The molecule has 0 unspecified atom stereocenters. The molecule has 1 fully saturated rings. The van der Waals surface area contributed by atoms with Gasteiger partial charge in [-0.25, -0.2) is 13.4 Å².